The Hall–Kier alpha value is -0.900. The zero-order chi connectivity index (χ0) is 11.5. The number of benzene rings is 1. The van der Waals surface area contributed by atoms with Crippen LogP contribution in [0.1, 0.15) is 31.0 Å². The molecule has 0 fully saturated rings. The van der Waals surface area contributed by atoms with Crippen molar-refractivity contribution in [3.8, 4) is 0 Å². The Morgan fingerprint density at radius 3 is 2.20 bits per heavy atom. The molecule has 0 aliphatic rings. The van der Waals surface area contributed by atoms with Crippen LogP contribution in [0.25, 0.3) is 0 Å². The van der Waals surface area contributed by atoms with E-state index in [0.29, 0.717) is 0 Å². The van der Waals surface area contributed by atoms with Gasteiger partial charge in [0.05, 0.1) is 11.6 Å². The average molecular weight is 208 g/mol. The summed E-state index contributed by atoms with van der Waals surface area (Å²) >= 11 is 0. The second-order valence-corrected chi connectivity index (χ2v) is 4.32. The summed E-state index contributed by atoms with van der Waals surface area (Å²) in [5.74, 6) is 5.57. The van der Waals surface area contributed by atoms with Gasteiger partial charge in [0, 0.05) is 7.11 Å². The summed E-state index contributed by atoms with van der Waals surface area (Å²) in [5.41, 5.74) is 4.85. The van der Waals surface area contributed by atoms with Crippen LogP contribution in [0.5, 0.6) is 0 Å². The van der Waals surface area contributed by atoms with Gasteiger partial charge >= 0.3 is 0 Å². The number of nitrogens with two attached hydrogens (primary N) is 1. The van der Waals surface area contributed by atoms with Crippen LogP contribution < -0.4 is 11.3 Å². The quantitative estimate of drug-likeness (QED) is 0.587. The number of nitrogens with one attached hydrogen (secondary N) is 1. The van der Waals surface area contributed by atoms with E-state index in [1.54, 1.807) is 7.11 Å². The number of hydrogen-bond donors (Lipinski definition) is 2. The van der Waals surface area contributed by atoms with E-state index in [1.165, 1.54) is 5.56 Å². The first-order chi connectivity index (χ1) is 7.01. The fourth-order valence-corrected chi connectivity index (χ4v) is 1.58. The van der Waals surface area contributed by atoms with E-state index in [9.17, 15) is 0 Å². The van der Waals surface area contributed by atoms with Crippen molar-refractivity contribution < 1.29 is 4.74 Å². The molecule has 1 aromatic carbocycles. The van der Waals surface area contributed by atoms with Gasteiger partial charge in [-0.2, -0.15) is 0 Å². The molecule has 1 unspecified atom stereocenters. The monoisotopic (exact) mass is 208 g/mol. The molecule has 0 spiro atoms. The van der Waals surface area contributed by atoms with Gasteiger partial charge in [-0.15, -0.1) is 0 Å². The molecule has 3 heteroatoms. The fourth-order valence-electron chi connectivity index (χ4n) is 1.58. The molecule has 0 aromatic heterocycles. The standard InChI is InChI=1S/C12H20N2O/c1-9-5-7-10(8-6-9)11(14-13)12(2,3)15-4/h5-8,11,14H,13H2,1-4H3. The highest BCUT2D eigenvalue weighted by Crippen LogP contribution is 2.27. The first kappa shape index (κ1) is 12.2. The van der Waals surface area contributed by atoms with E-state index in [0.717, 1.165) is 5.56 Å². The molecule has 3 nitrogen and oxygen atoms in total. The molecular formula is C12H20N2O. The maximum absolute atomic E-state index is 5.57. The molecule has 0 aliphatic carbocycles. The largest absolute Gasteiger partial charge is 0.377 e. The Morgan fingerprint density at radius 1 is 1.27 bits per heavy atom. The lowest BCUT2D eigenvalue weighted by molar-refractivity contribution is -0.0111. The van der Waals surface area contributed by atoms with Gasteiger partial charge in [-0.1, -0.05) is 29.8 Å². The summed E-state index contributed by atoms with van der Waals surface area (Å²) in [6, 6.07) is 8.28. The van der Waals surface area contributed by atoms with Crippen LogP contribution in [0.15, 0.2) is 24.3 Å². The van der Waals surface area contributed by atoms with Crippen molar-refractivity contribution in [2.75, 3.05) is 7.11 Å². The molecule has 15 heavy (non-hydrogen) atoms. The summed E-state index contributed by atoms with van der Waals surface area (Å²) in [4.78, 5) is 0. The van der Waals surface area contributed by atoms with Crippen molar-refractivity contribution in [3.63, 3.8) is 0 Å². The van der Waals surface area contributed by atoms with Crippen molar-refractivity contribution >= 4 is 0 Å². The third-order valence-electron chi connectivity index (χ3n) is 2.80. The molecule has 0 heterocycles. The smallest absolute Gasteiger partial charge is 0.0829 e. The van der Waals surface area contributed by atoms with Gasteiger partial charge < -0.3 is 4.74 Å². The summed E-state index contributed by atoms with van der Waals surface area (Å²) in [5, 5.41) is 0. The predicted molar refractivity (Wildman–Crippen MR) is 62.3 cm³/mol. The Morgan fingerprint density at radius 2 is 1.80 bits per heavy atom. The van der Waals surface area contributed by atoms with Gasteiger partial charge in [0.15, 0.2) is 0 Å². The van der Waals surface area contributed by atoms with Crippen molar-refractivity contribution in [1.29, 1.82) is 0 Å². The number of aryl methyl sites for hydroxylation is 1. The summed E-state index contributed by atoms with van der Waals surface area (Å²) in [6.07, 6.45) is 0. The lowest BCUT2D eigenvalue weighted by atomic mass is 9.92. The first-order valence-corrected chi connectivity index (χ1v) is 5.09. The molecule has 84 valence electrons. The minimum Gasteiger partial charge on any atom is -0.377 e. The molecule has 0 bridgehead atoms. The highest BCUT2D eigenvalue weighted by atomic mass is 16.5. The maximum atomic E-state index is 5.57. The van der Waals surface area contributed by atoms with Gasteiger partial charge in [0.2, 0.25) is 0 Å². The molecule has 0 radical (unpaired) electrons. The Bertz CT molecular complexity index is 306. The topological polar surface area (TPSA) is 47.3 Å². The highest BCUT2D eigenvalue weighted by molar-refractivity contribution is 5.25. The van der Waals surface area contributed by atoms with Gasteiger partial charge in [0.1, 0.15) is 0 Å². The van der Waals surface area contributed by atoms with Crippen molar-refractivity contribution in [1.82, 2.24) is 5.43 Å². The van der Waals surface area contributed by atoms with E-state index >= 15 is 0 Å². The molecule has 0 amide bonds. The van der Waals surface area contributed by atoms with Crippen LogP contribution in [-0.4, -0.2) is 12.7 Å². The van der Waals surface area contributed by atoms with Crippen LogP contribution in [0.3, 0.4) is 0 Å². The molecule has 1 aromatic rings. The number of ether oxygens (including phenoxy) is 1. The Balaban J connectivity index is 2.97. The van der Waals surface area contributed by atoms with Crippen LogP contribution >= 0.6 is 0 Å². The molecule has 0 saturated heterocycles. The van der Waals surface area contributed by atoms with E-state index in [-0.39, 0.29) is 11.6 Å². The fraction of sp³-hybridized carbons (Fsp3) is 0.500. The van der Waals surface area contributed by atoms with E-state index in [4.69, 9.17) is 10.6 Å². The third-order valence-corrected chi connectivity index (χ3v) is 2.80. The Kier molecular flexibility index (Phi) is 3.85. The number of hydrazine groups is 1. The molecular weight excluding hydrogens is 188 g/mol. The summed E-state index contributed by atoms with van der Waals surface area (Å²) in [6.45, 7) is 6.09. The maximum Gasteiger partial charge on any atom is 0.0829 e. The lowest BCUT2D eigenvalue weighted by Crippen LogP contribution is -2.43. The molecule has 0 saturated carbocycles. The minimum atomic E-state index is -0.329. The average Bonchev–Trinajstić information content (AvgIpc) is 2.22. The summed E-state index contributed by atoms with van der Waals surface area (Å²) in [7, 11) is 1.69. The second kappa shape index (κ2) is 4.75. The highest BCUT2D eigenvalue weighted by Gasteiger charge is 2.29. The van der Waals surface area contributed by atoms with Gasteiger partial charge in [-0.3, -0.25) is 11.3 Å². The zero-order valence-corrected chi connectivity index (χ0v) is 9.87. The predicted octanol–water partition coefficient (Wildman–Crippen LogP) is 1.92. The first-order valence-electron chi connectivity index (χ1n) is 5.09. The van der Waals surface area contributed by atoms with Crippen LogP contribution in [0, 0.1) is 6.92 Å². The van der Waals surface area contributed by atoms with Crippen molar-refractivity contribution in [2.24, 2.45) is 5.84 Å². The van der Waals surface area contributed by atoms with Gasteiger partial charge in [0.25, 0.3) is 0 Å². The van der Waals surface area contributed by atoms with Crippen LogP contribution in [0.2, 0.25) is 0 Å². The minimum absolute atomic E-state index is 0.0110. The molecule has 1 rings (SSSR count). The van der Waals surface area contributed by atoms with E-state index in [1.807, 2.05) is 13.8 Å². The number of hydrogen-bond acceptors (Lipinski definition) is 3. The zero-order valence-electron chi connectivity index (χ0n) is 9.87. The van der Waals surface area contributed by atoms with Gasteiger partial charge in [-0.25, -0.2) is 0 Å². The SMILES string of the molecule is COC(C)(C)C(NN)c1ccc(C)cc1. The van der Waals surface area contributed by atoms with Crippen molar-refractivity contribution in [2.45, 2.75) is 32.4 Å². The third kappa shape index (κ3) is 2.78. The Labute approximate surface area is 91.6 Å². The summed E-state index contributed by atoms with van der Waals surface area (Å²) < 4.78 is 5.43. The van der Waals surface area contributed by atoms with Crippen LogP contribution in [0.4, 0.5) is 0 Å². The van der Waals surface area contributed by atoms with E-state index < -0.39 is 0 Å². The molecule has 0 aliphatic heterocycles. The van der Waals surface area contributed by atoms with Crippen molar-refractivity contribution in [3.05, 3.63) is 35.4 Å². The molecule has 1 atom stereocenters. The number of methoxy groups -OCH3 is 1. The van der Waals surface area contributed by atoms with Crippen LogP contribution in [-0.2, 0) is 4.74 Å². The van der Waals surface area contributed by atoms with E-state index in [2.05, 4.69) is 36.6 Å². The second-order valence-electron chi connectivity index (χ2n) is 4.32. The molecule has 3 N–H and O–H groups in total. The van der Waals surface area contributed by atoms with Gasteiger partial charge in [-0.05, 0) is 26.3 Å². The lowest BCUT2D eigenvalue weighted by Gasteiger charge is -2.32. The normalized spacial score (nSPS) is 13.9. The number of rotatable bonds is 4.